The second-order valence-corrected chi connectivity index (χ2v) is 4.85. The van der Waals surface area contributed by atoms with Crippen LogP contribution >= 0.6 is 0 Å². The molecule has 1 unspecified atom stereocenters. The standard InChI is InChI=1S/C14H13N3O3/c1-8-9-4-2-3-5-10(9)14(20)17(16-8)11-6-7-12(18)15-13(11)19/h2-5,11H,6-7H2,1H3,(H,15,18,19). The van der Waals surface area contributed by atoms with Gasteiger partial charge in [0.1, 0.15) is 6.04 Å². The van der Waals surface area contributed by atoms with Crippen LogP contribution in [0.3, 0.4) is 0 Å². The highest BCUT2D eigenvalue weighted by atomic mass is 16.2. The Morgan fingerprint density at radius 3 is 2.60 bits per heavy atom. The second-order valence-electron chi connectivity index (χ2n) is 4.85. The number of benzene rings is 1. The van der Waals surface area contributed by atoms with E-state index < -0.39 is 11.9 Å². The molecule has 1 saturated heterocycles. The molecule has 6 heteroatoms. The molecular weight excluding hydrogens is 258 g/mol. The number of piperidine rings is 1. The lowest BCUT2D eigenvalue weighted by molar-refractivity contribution is -0.136. The summed E-state index contributed by atoms with van der Waals surface area (Å²) in [6, 6.07) is 6.44. The second kappa shape index (κ2) is 4.56. The van der Waals surface area contributed by atoms with Gasteiger partial charge in [0, 0.05) is 11.8 Å². The van der Waals surface area contributed by atoms with Crippen molar-refractivity contribution >= 4 is 22.6 Å². The third-order valence-electron chi connectivity index (χ3n) is 3.52. The molecule has 3 rings (SSSR count). The zero-order chi connectivity index (χ0) is 14.3. The Morgan fingerprint density at radius 1 is 1.20 bits per heavy atom. The first-order chi connectivity index (χ1) is 9.58. The van der Waals surface area contributed by atoms with Gasteiger partial charge in [0.05, 0.1) is 11.1 Å². The van der Waals surface area contributed by atoms with E-state index in [9.17, 15) is 14.4 Å². The van der Waals surface area contributed by atoms with Gasteiger partial charge in [0.25, 0.3) is 11.5 Å². The van der Waals surface area contributed by atoms with E-state index in [1.54, 1.807) is 19.1 Å². The van der Waals surface area contributed by atoms with E-state index in [0.717, 1.165) is 5.39 Å². The van der Waals surface area contributed by atoms with Crippen LogP contribution in [0.2, 0.25) is 0 Å². The monoisotopic (exact) mass is 271 g/mol. The summed E-state index contributed by atoms with van der Waals surface area (Å²) in [5, 5.41) is 7.79. The summed E-state index contributed by atoms with van der Waals surface area (Å²) in [5.41, 5.74) is 0.380. The Balaban J connectivity index is 2.18. The fourth-order valence-corrected chi connectivity index (χ4v) is 2.50. The maximum Gasteiger partial charge on any atom is 0.275 e. The third kappa shape index (κ3) is 1.89. The minimum atomic E-state index is -0.719. The largest absolute Gasteiger partial charge is 0.295 e. The Labute approximate surface area is 114 Å². The van der Waals surface area contributed by atoms with Gasteiger partial charge in [-0.1, -0.05) is 18.2 Å². The fourth-order valence-electron chi connectivity index (χ4n) is 2.50. The van der Waals surface area contributed by atoms with Gasteiger partial charge in [-0.15, -0.1) is 0 Å². The summed E-state index contributed by atoms with van der Waals surface area (Å²) in [4.78, 5) is 35.5. The molecule has 0 saturated carbocycles. The molecule has 0 aliphatic carbocycles. The molecule has 0 bridgehead atoms. The number of aromatic nitrogens is 2. The Morgan fingerprint density at radius 2 is 1.90 bits per heavy atom. The van der Waals surface area contributed by atoms with E-state index in [2.05, 4.69) is 10.4 Å². The molecule has 0 radical (unpaired) electrons. The highest BCUT2D eigenvalue weighted by Gasteiger charge is 2.30. The summed E-state index contributed by atoms with van der Waals surface area (Å²) in [6.45, 7) is 1.80. The van der Waals surface area contributed by atoms with Gasteiger partial charge < -0.3 is 0 Å². The van der Waals surface area contributed by atoms with Crippen LogP contribution < -0.4 is 10.9 Å². The number of nitrogens with zero attached hydrogens (tertiary/aromatic N) is 2. The molecule has 1 aromatic carbocycles. The normalized spacial score (nSPS) is 19.1. The number of amides is 2. The van der Waals surface area contributed by atoms with E-state index in [-0.39, 0.29) is 17.9 Å². The van der Waals surface area contributed by atoms with E-state index in [1.807, 2.05) is 12.1 Å². The maximum absolute atomic E-state index is 12.4. The van der Waals surface area contributed by atoms with Gasteiger partial charge in [0.2, 0.25) is 5.91 Å². The van der Waals surface area contributed by atoms with Crippen LogP contribution in [0.1, 0.15) is 24.6 Å². The van der Waals surface area contributed by atoms with E-state index in [0.29, 0.717) is 17.5 Å². The molecule has 102 valence electrons. The van der Waals surface area contributed by atoms with Crippen molar-refractivity contribution in [2.24, 2.45) is 0 Å². The van der Waals surface area contributed by atoms with E-state index >= 15 is 0 Å². The van der Waals surface area contributed by atoms with Crippen LogP contribution in [0.5, 0.6) is 0 Å². The van der Waals surface area contributed by atoms with Gasteiger partial charge in [-0.3, -0.25) is 19.7 Å². The minimum absolute atomic E-state index is 0.219. The van der Waals surface area contributed by atoms with Crippen LogP contribution in [-0.2, 0) is 9.59 Å². The minimum Gasteiger partial charge on any atom is -0.295 e. The highest BCUT2D eigenvalue weighted by Crippen LogP contribution is 2.18. The number of hydrogen-bond donors (Lipinski definition) is 1. The third-order valence-corrected chi connectivity index (χ3v) is 3.52. The molecule has 0 spiro atoms. The summed E-state index contributed by atoms with van der Waals surface area (Å²) in [7, 11) is 0. The molecule has 1 aliphatic rings. The Kier molecular flexibility index (Phi) is 2.85. The number of hydrogen-bond acceptors (Lipinski definition) is 4. The number of carbonyl (C=O) groups excluding carboxylic acids is 2. The first kappa shape index (κ1) is 12.5. The maximum atomic E-state index is 12.4. The lowest BCUT2D eigenvalue weighted by Gasteiger charge is -2.22. The molecule has 1 aliphatic heterocycles. The predicted molar refractivity (Wildman–Crippen MR) is 72.2 cm³/mol. The van der Waals surface area contributed by atoms with Crippen molar-refractivity contribution in [2.45, 2.75) is 25.8 Å². The number of rotatable bonds is 1. The molecule has 6 nitrogen and oxygen atoms in total. The summed E-state index contributed by atoms with van der Waals surface area (Å²) >= 11 is 0. The first-order valence-corrected chi connectivity index (χ1v) is 6.40. The van der Waals surface area contributed by atoms with Crippen molar-refractivity contribution in [1.29, 1.82) is 0 Å². The van der Waals surface area contributed by atoms with E-state index in [4.69, 9.17) is 0 Å². The molecule has 2 heterocycles. The lowest BCUT2D eigenvalue weighted by atomic mass is 10.1. The van der Waals surface area contributed by atoms with Gasteiger partial charge in [-0.25, -0.2) is 4.68 Å². The number of fused-ring (bicyclic) bond motifs is 1. The molecule has 1 N–H and O–H groups in total. The van der Waals surface area contributed by atoms with Gasteiger partial charge in [-0.2, -0.15) is 5.10 Å². The molecular formula is C14H13N3O3. The first-order valence-electron chi connectivity index (χ1n) is 6.40. The molecule has 2 aromatic rings. The number of imide groups is 1. The number of nitrogens with one attached hydrogen (secondary N) is 1. The number of carbonyl (C=O) groups is 2. The molecule has 1 atom stereocenters. The van der Waals surface area contributed by atoms with Gasteiger partial charge in [0.15, 0.2) is 0 Å². The van der Waals surface area contributed by atoms with Gasteiger partial charge >= 0.3 is 0 Å². The summed E-state index contributed by atoms with van der Waals surface area (Å²) in [6.07, 6.45) is 0.520. The zero-order valence-corrected chi connectivity index (χ0v) is 10.9. The molecule has 1 fully saturated rings. The van der Waals surface area contributed by atoms with Crippen LogP contribution in [0, 0.1) is 6.92 Å². The Hall–Kier alpha value is -2.50. The SMILES string of the molecule is Cc1nn(C2CCC(=O)NC2=O)c(=O)c2ccccc12. The average Bonchev–Trinajstić information content (AvgIpc) is 2.43. The van der Waals surface area contributed by atoms with Crippen molar-refractivity contribution in [1.82, 2.24) is 15.1 Å². The van der Waals surface area contributed by atoms with Crippen LogP contribution in [0.4, 0.5) is 0 Å². The quantitative estimate of drug-likeness (QED) is 0.773. The van der Waals surface area contributed by atoms with Crippen molar-refractivity contribution < 1.29 is 9.59 Å². The van der Waals surface area contributed by atoms with Crippen molar-refractivity contribution in [2.75, 3.05) is 0 Å². The fraction of sp³-hybridized carbons (Fsp3) is 0.286. The van der Waals surface area contributed by atoms with Crippen LogP contribution in [0.25, 0.3) is 10.8 Å². The van der Waals surface area contributed by atoms with Crippen molar-refractivity contribution in [3.05, 3.63) is 40.3 Å². The summed E-state index contributed by atoms with van der Waals surface area (Å²) < 4.78 is 1.19. The Bertz CT molecular complexity index is 779. The topological polar surface area (TPSA) is 81.1 Å². The average molecular weight is 271 g/mol. The van der Waals surface area contributed by atoms with Gasteiger partial charge in [-0.05, 0) is 19.4 Å². The molecule has 1 aromatic heterocycles. The highest BCUT2D eigenvalue weighted by molar-refractivity contribution is 5.99. The van der Waals surface area contributed by atoms with Crippen LogP contribution in [0.15, 0.2) is 29.1 Å². The summed E-state index contributed by atoms with van der Waals surface area (Å²) in [5.74, 6) is -0.776. The predicted octanol–water partition coefficient (Wildman–Crippen LogP) is 0.683. The zero-order valence-electron chi connectivity index (χ0n) is 10.9. The van der Waals surface area contributed by atoms with Crippen molar-refractivity contribution in [3.8, 4) is 0 Å². The van der Waals surface area contributed by atoms with Crippen LogP contribution in [-0.4, -0.2) is 21.6 Å². The molecule has 2 amide bonds. The smallest absolute Gasteiger partial charge is 0.275 e. The van der Waals surface area contributed by atoms with E-state index in [1.165, 1.54) is 4.68 Å². The molecule has 20 heavy (non-hydrogen) atoms. The lowest BCUT2D eigenvalue weighted by Crippen LogP contribution is -2.45. The van der Waals surface area contributed by atoms with Crippen molar-refractivity contribution in [3.63, 3.8) is 0 Å². The number of aryl methyl sites for hydroxylation is 1.